The van der Waals surface area contributed by atoms with Gasteiger partial charge in [0.2, 0.25) is 0 Å². The van der Waals surface area contributed by atoms with Crippen LogP contribution in [-0.2, 0) is 0 Å². The molecule has 0 saturated carbocycles. The molecule has 206 valence electrons. The van der Waals surface area contributed by atoms with E-state index in [0.717, 1.165) is 0 Å². The fourth-order valence-electron chi connectivity index (χ4n) is 5.78. The van der Waals surface area contributed by atoms with Crippen molar-refractivity contribution in [2.75, 3.05) is 0 Å². The summed E-state index contributed by atoms with van der Waals surface area (Å²) < 4.78 is 2.58. The van der Waals surface area contributed by atoms with E-state index in [-0.39, 0.29) is 0 Å². The first-order chi connectivity index (χ1) is 17.2. The van der Waals surface area contributed by atoms with Crippen LogP contribution in [0.5, 0.6) is 0 Å². The third-order valence-corrected chi connectivity index (χ3v) is 8.12. The number of rotatable bonds is 26. The predicted molar refractivity (Wildman–Crippen MR) is 156 cm³/mol. The molecule has 1 heterocycles. The van der Waals surface area contributed by atoms with Crippen LogP contribution in [0, 0.1) is 0 Å². The lowest BCUT2D eigenvalue weighted by molar-refractivity contribution is -0.727. The Labute approximate surface area is 221 Å². The highest BCUT2D eigenvalue weighted by molar-refractivity contribution is 4.90. The van der Waals surface area contributed by atoms with E-state index in [1.807, 2.05) is 0 Å². The molecule has 2 unspecified atom stereocenters. The summed E-state index contributed by atoms with van der Waals surface area (Å²) in [6.07, 6.45) is 38.4. The predicted octanol–water partition coefficient (Wildman–Crippen LogP) is 11.4. The Bertz CT molecular complexity index is 549. The highest BCUT2D eigenvalue weighted by Gasteiger charge is 2.24. The van der Waals surface area contributed by atoms with Gasteiger partial charge >= 0.3 is 0 Å². The average molecular weight is 490 g/mol. The molecule has 0 amide bonds. The zero-order chi connectivity index (χ0) is 25.4. The molecule has 1 aromatic rings. The van der Waals surface area contributed by atoms with Crippen molar-refractivity contribution in [3.63, 3.8) is 0 Å². The van der Waals surface area contributed by atoms with E-state index in [1.54, 1.807) is 0 Å². The molecule has 35 heavy (non-hydrogen) atoms. The molecule has 0 saturated heterocycles. The van der Waals surface area contributed by atoms with Crippen LogP contribution in [0.4, 0.5) is 0 Å². The van der Waals surface area contributed by atoms with Gasteiger partial charge in [-0.3, -0.25) is 0 Å². The fourth-order valence-corrected chi connectivity index (χ4v) is 5.78. The van der Waals surface area contributed by atoms with Crippen LogP contribution >= 0.6 is 0 Å². The Balaban J connectivity index is 2.12. The van der Waals surface area contributed by atoms with Gasteiger partial charge in [0.15, 0.2) is 0 Å². The molecule has 0 aliphatic heterocycles. The number of aromatic amines is 1. The van der Waals surface area contributed by atoms with Crippen molar-refractivity contribution in [1.82, 2.24) is 4.98 Å². The summed E-state index contributed by atoms with van der Waals surface area (Å²) in [5, 5.41) is 0. The normalized spacial score (nSPS) is 13.4. The standard InChI is InChI=1S/C33H64N2/c1-5-8-10-12-13-14-15-16-17-18-19-20-21-23-24-27-31(4)35-30-29-34-33(35)32(26-7-3)28-25-22-11-9-6-2/h29-32H,5-28H2,1-4H3/p+1. The largest absolute Gasteiger partial charge is 0.257 e. The Hall–Kier alpha value is -0.790. The third kappa shape index (κ3) is 16.6. The molecule has 2 atom stereocenters. The molecule has 0 spiro atoms. The number of nitrogens with one attached hydrogen (secondary N) is 1. The zero-order valence-corrected chi connectivity index (χ0v) is 24.7. The third-order valence-electron chi connectivity index (χ3n) is 8.12. The summed E-state index contributed by atoms with van der Waals surface area (Å²) in [4.78, 5) is 3.64. The van der Waals surface area contributed by atoms with Gasteiger partial charge in [0, 0.05) is 0 Å². The van der Waals surface area contributed by atoms with Crippen molar-refractivity contribution in [3.8, 4) is 0 Å². The molecule has 0 aliphatic carbocycles. The molecule has 0 aliphatic rings. The molecule has 0 fully saturated rings. The fraction of sp³-hybridized carbons (Fsp3) is 0.909. The molecule has 2 heteroatoms. The van der Waals surface area contributed by atoms with E-state index in [2.05, 4.69) is 49.6 Å². The van der Waals surface area contributed by atoms with Crippen LogP contribution in [0.25, 0.3) is 0 Å². The van der Waals surface area contributed by atoms with Crippen LogP contribution in [-0.4, -0.2) is 4.98 Å². The second kappa shape index (κ2) is 23.6. The van der Waals surface area contributed by atoms with E-state index in [1.165, 1.54) is 160 Å². The van der Waals surface area contributed by atoms with Gasteiger partial charge in [0.1, 0.15) is 12.4 Å². The van der Waals surface area contributed by atoms with Gasteiger partial charge in [-0.15, -0.1) is 0 Å². The second-order valence-electron chi connectivity index (χ2n) is 11.5. The molecule has 1 aromatic heterocycles. The van der Waals surface area contributed by atoms with Gasteiger partial charge in [-0.1, -0.05) is 149 Å². The minimum atomic E-state index is 0.623. The van der Waals surface area contributed by atoms with Crippen LogP contribution in [0.1, 0.15) is 200 Å². The Morgan fingerprint density at radius 3 is 1.43 bits per heavy atom. The Morgan fingerprint density at radius 2 is 0.971 bits per heavy atom. The van der Waals surface area contributed by atoms with Gasteiger partial charge in [-0.25, -0.2) is 9.55 Å². The highest BCUT2D eigenvalue weighted by atomic mass is 15.1. The molecule has 0 bridgehead atoms. The molecule has 1 N–H and O–H groups in total. The summed E-state index contributed by atoms with van der Waals surface area (Å²) in [6, 6.07) is 0.623. The van der Waals surface area contributed by atoms with Crippen LogP contribution in [0.15, 0.2) is 12.4 Å². The first-order valence-electron chi connectivity index (χ1n) is 16.3. The van der Waals surface area contributed by atoms with Crippen molar-refractivity contribution in [3.05, 3.63) is 18.2 Å². The average Bonchev–Trinajstić information content (AvgIpc) is 3.35. The summed E-state index contributed by atoms with van der Waals surface area (Å²) in [5.74, 6) is 2.20. The molecular weight excluding hydrogens is 424 g/mol. The first-order valence-corrected chi connectivity index (χ1v) is 16.3. The first kappa shape index (κ1) is 32.2. The summed E-state index contributed by atoms with van der Waals surface area (Å²) >= 11 is 0. The van der Waals surface area contributed by atoms with Gasteiger partial charge in [-0.2, -0.15) is 0 Å². The lowest BCUT2D eigenvalue weighted by Crippen LogP contribution is -2.41. The molecule has 0 aromatic carbocycles. The van der Waals surface area contributed by atoms with Crippen molar-refractivity contribution in [1.29, 1.82) is 0 Å². The molecular formula is C33H65N2+. The van der Waals surface area contributed by atoms with Crippen LogP contribution in [0.2, 0.25) is 0 Å². The number of aromatic nitrogens is 2. The Kier molecular flexibility index (Phi) is 21.7. The molecule has 2 nitrogen and oxygen atoms in total. The number of unbranched alkanes of at least 4 members (excludes halogenated alkanes) is 18. The maximum Gasteiger partial charge on any atom is 0.257 e. The maximum atomic E-state index is 3.64. The van der Waals surface area contributed by atoms with Gasteiger partial charge in [-0.05, 0) is 32.6 Å². The monoisotopic (exact) mass is 490 g/mol. The van der Waals surface area contributed by atoms with E-state index in [4.69, 9.17) is 0 Å². The number of hydrogen-bond acceptors (Lipinski definition) is 0. The maximum absolute atomic E-state index is 3.64. The summed E-state index contributed by atoms with van der Waals surface area (Å²) in [7, 11) is 0. The van der Waals surface area contributed by atoms with Crippen molar-refractivity contribution in [2.45, 2.75) is 194 Å². The second-order valence-corrected chi connectivity index (χ2v) is 11.5. The van der Waals surface area contributed by atoms with Crippen LogP contribution in [0.3, 0.4) is 0 Å². The van der Waals surface area contributed by atoms with Gasteiger partial charge in [0.05, 0.1) is 12.0 Å². The highest BCUT2D eigenvalue weighted by Crippen LogP contribution is 2.26. The minimum Gasteiger partial charge on any atom is -0.247 e. The number of H-pyrrole nitrogens is 1. The van der Waals surface area contributed by atoms with E-state index >= 15 is 0 Å². The van der Waals surface area contributed by atoms with Crippen molar-refractivity contribution in [2.24, 2.45) is 0 Å². The quantitative estimate of drug-likeness (QED) is 0.0985. The summed E-state index contributed by atoms with van der Waals surface area (Å²) in [6.45, 7) is 9.39. The van der Waals surface area contributed by atoms with E-state index < -0.39 is 0 Å². The smallest absolute Gasteiger partial charge is 0.247 e. The molecule has 1 rings (SSSR count). The topological polar surface area (TPSA) is 19.7 Å². The number of hydrogen-bond donors (Lipinski definition) is 1. The summed E-state index contributed by atoms with van der Waals surface area (Å²) in [5.41, 5.74) is 0. The lowest BCUT2D eigenvalue weighted by atomic mass is 9.94. The molecule has 0 radical (unpaired) electrons. The minimum absolute atomic E-state index is 0.623. The zero-order valence-electron chi connectivity index (χ0n) is 24.7. The Morgan fingerprint density at radius 1 is 0.543 bits per heavy atom. The van der Waals surface area contributed by atoms with Crippen molar-refractivity contribution < 1.29 is 4.57 Å². The van der Waals surface area contributed by atoms with Gasteiger partial charge in [0.25, 0.3) is 5.82 Å². The van der Waals surface area contributed by atoms with Crippen LogP contribution < -0.4 is 4.57 Å². The van der Waals surface area contributed by atoms with E-state index in [9.17, 15) is 0 Å². The van der Waals surface area contributed by atoms with E-state index in [0.29, 0.717) is 12.0 Å². The lowest BCUT2D eigenvalue weighted by Gasteiger charge is -2.16. The van der Waals surface area contributed by atoms with Gasteiger partial charge < -0.3 is 0 Å². The number of nitrogens with zero attached hydrogens (tertiary/aromatic N) is 1. The SMILES string of the molecule is CCCCCCCCCCCCCCCCCC(C)[n+]1cc[nH]c1C(CCC)CCCCCCC. The number of imidazole rings is 1. The van der Waals surface area contributed by atoms with Crippen molar-refractivity contribution >= 4 is 0 Å².